The number of hydrogen-bond acceptors (Lipinski definition) is 2. The summed E-state index contributed by atoms with van der Waals surface area (Å²) in [5.41, 5.74) is 0. The van der Waals surface area contributed by atoms with E-state index in [9.17, 15) is 4.79 Å². The van der Waals surface area contributed by atoms with Crippen molar-refractivity contribution in [3.63, 3.8) is 0 Å². The Morgan fingerprint density at radius 3 is 2.56 bits per heavy atom. The normalized spacial score (nSPS) is 25.1. The van der Waals surface area contributed by atoms with E-state index in [1.807, 2.05) is 0 Å². The van der Waals surface area contributed by atoms with Crippen molar-refractivity contribution in [2.24, 2.45) is 0 Å². The van der Waals surface area contributed by atoms with Gasteiger partial charge in [-0.2, -0.15) is 0 Å². The molecule has 0 aromatic carbocycles. The van der Waals surface area contributed by atoms with Gasteiger partial charge in [0.1, 0.15) is 0 Å². The quantitative estimate of drug-likeness (QED) is 0.733. The first-order valence-electron chi connectivity index (χ1n) is 6.01. The van der Waals surface area contributed by atoms with E-state index in [2.05, 4.69) is 15.5 Å². The van der Waals surface area contributed by atoms with Gasteiger partial charge in [-0.25, -0.2) is 4.79 Å². The molecule has 2 rings (SSSR count). The van der Waals surface area contributed by atoms with Crippen LogP contribution in [0.25, 0.3) is 0 Å². The van der Waals surface area contributed by atoms with E-state index in [4.69, 9.17) is 11.6 Å². The highest BCUT2D eigenvalue weighted by Gasteiger charge is 2.42. The predicted molar refractivity (Wildman–Crippen MR) is 64.9 cm³/mol. The third kappa shape index (κ3) is 3.25. The van der Waals surface area contributed by atoms with Gasteiger partial charge in [0.05, 0.1) is 4.87 Å². The molecule has 2 N–H and O–H groups in total. The van der Waals surface area contributed by atoms with Gasteiger partial charge >= 0.3 is 6.03 Å². The molecule has 1 aliphatic carbocycles. The smallest absolute Gasteiger partial charge is 0.314 e. The molecular weight excluding hydrogens is 226 g/mol. The second kappa shape index (κ2) is 4.80. The summed E-state index contributed by atoms with van der Waals surface area (Å²) in [5.74, 6) is 0. The number of halogens is 1. The Kier molecular flexibility index (Phi) is 3.60. The predicted octanol–water partition coefficient (Wildman–Crippen LogP) is 1.15. The van der Waals surface area contributed by atoms with E-state index < -0.39 is 0 Å². The molecule has 0 bridgehead atoms. The monoisotopic (exact) mass is 245 g/mol. The van der Waals surface area contributed by atoms with Crippen molar-refractivity contribution >= 4 is 17.6 Å². The van der Waals surface area contributed by atoms with Crippen LogP contribution in [0.4, 0.5) is 4.79 Å². The lowest BCUT2D eigenvalue weighted by atomic mass is 10.0. The van der Waals surface area contributed by atoms with Gasteiger partial charge in [-0.1, -0.05) is 0 Å². The molecule has 4 nitrogen and oxygen atoms in total. The van der Waals surface area contributed by atoms with Crippen LogP contribution in [0.5, 0.6) is 0 Å². The zero-order chi connectivity index (χ0) is 11.6. The van der Waals surface area contributed by atoms with Crippen molar-refractivity contribution in [3.8, 4) is 0 Å². The molecule has 16 heavy (non-hydrogen) atoms. The summed E-state index contributed by atoms with van der Waals surface area (Å²) < 4.78 is 0. The number of amides is 2. The first kappa shape index (κ1) is 12.0. The maximum Gasteiger partial charge on any atom is 0.314 e. The van der Waals surface area contributed by atoms with Crippen LogP contribution in [0, 0.1) is 0 Å². The van der Waals surface area contributed by atoms with E-state index in [0.717, 1.165) is 45.3 Å². The van der Waals surface area contributed by atoms with E-state index >= 15 is 0 Å². The summed E-state index contributed by atoms with van der Waals surface area (Å²) in [7, 11) is 1.65. The fourth-order valence-electron chi connectivity index (χ4n) is 2.19. The number of carbonyl (C=O) groups excluding carboxylic acids is 1. The van der Waals surface area contributed by atoms with Crippen LogP contribution in [0.3, 0.4) is 0 Å². The first-order chi connectivity index (χ1) is 7.61. The third-order valence-corrected chi connectivity index (χ3v) is 3.95. The van der Waals surface area contributed by atoms with Gasteiger partial charge in [0.15, 0.2) is 0 Å². The summed E-state index contributed by atoms with van der Waals surface area (Å²) in [5, 5.41) is 5.54. The van der Waals surface area contributed by atoms with E-state index in [1.165, 1.54) is 0 Å². The molecule has 5 heteroatoms. The summed E-state index contributed by atoms with van der Waals surface area (Å²) in [6.45, 7) is 3.10. The summed E-state index contributed by atoms with van der Waals surface area (Å²) in [4.78, 5) is 13.6. The van der Waals surface area contributed by atoms with Gasteiger partial charge in [0, 0.05) is 32.7 Å². The van der Waals surface area contributed by atoms with Crippen LogP contribution in [0.15, 0.2) is 0 Å². The molecule has 0 unspecified atom stereocenters. The molecule has 0 radical (unpaired) electrons. The number of carbonyl (C=O) groups is 1. The number of hydrogen-bond donors (Lipinski definition) is 2. The Labute approximate surface area is 102 Å². The van der Waals surface area contributed by atoms with E-state index in [0.29, 0.717) is 6.04 Å². The lowest BCUT2D eigenvalue weighted by molar-refractivity contribution is 0.190. The van der Waals surface area contributed by atoms with Gasteiger partial charge < -0.3 is 15.5 Å². The fraction of sp³-hybridized carbons (Fsp3) is 0.909. The maximum absolute atomic E-state index is 11.1. The SMILES string of the molecule is CNC(=O)NC1CCN(CC2(Cl)CC2)CC1. The Morgan fingerprint density at radius 1 is 1.44 bits per heavy atom. The average Bonchev–Trinajstić information content (AvgIpc) is 2.99. The molecule has 92 valence electrons. The molecule has 1 saturated carbocycles. The van der Waals surface area contributed by atoms with Crippen molar-refractivity contribution in [1.29, 1.82) is 0 Å². The highest BCUT2D eigenvalue weighted by atomic mass is 35.5. The zero-order valence-corrected chi connectivity index (χ0v) is 10.5. The molecule has 0 aromatic rings. The highest BCUT2D eigenvalue weighted by Crippen LogP contribution is 2.43. The largest absolute Gasteiger partial charge is 0.341 e. The Balaban J connectivity index is 1.68. The van der Waals surface area contributed by atoms with Gasteiger partial charge in [0.25, 0.3) is 0 Å². The van der Waals surface area contributed by atoms with Crippen LogP contribution in [0.2, 0.25) is 0 Å². The van der Waals surface area contributed by atoms with Crippen LogP contribution < -0.4 is 10.6 Å². The molecule has 0 spiro atoms. The van der Waals surface area contributed by atoms with Crippen molar-refractivity contribution in [3.05, 3.63) is 0 Å². The van der Waals surface area contributed by atoms with Crippen LogP contribution >= 0.6 is 11.6 Å². The van der Waals surface area contributed by atoms with Crippen molar-refractivity contribution in [2.45, 2.75) is 36.6 Å². The molecule has 0 atom stereocenters. The second-order valence-corrected chi connectivity index (χ2v) is 5.73. The molecule has 2 amide bonds. The molecule has 1 aliphatic heterocycles. The minimum atomic E-state index is -0.0746. The Hall–Kier alpha value is -0.480. The summed E-state index contributed by atoms with van der Waals surface area (Å²) >= 11 is 6.30. The number of nitrogens with one attached hydrogen (secondary N) is 2. The molecule has 2 aliphatic rings. The number of piperidine rings is 1. The fourth-order valence-corrected chi connectivity index (χ4v) is 2.45. The van der Waals surface area contributed by atoms with Gasteiger partial charge in [-0.3, -0.25) is 0 Å². The molecule has 2 fully saturated rings. The van der Waals surface area contributed by atoms with Gasteiger partial charge in [-0.15, -0.1) is 11.6 Å². The zero-order valence-electron chi connectivity index (χ0n) is 9.76. The molecular formula is C11H20ClN3O. The number of urea groups is 1. The summed E-state index contributed by atoms with van der Waals surface area (Å²) in [6.07, 6.45) is 4.37. The second-order valence-electron chi connectivity index (χ2n) is 4.92. The third-order valence-electron chi connectivity index (χ3n) is 3.45. The summed E-state index contributed by atoms with van der Waals surface area (Å²) in [6, 6.07) is 0.246. The molecule has 1 saturated heterocycles. The van der Waals surface area contributed by atoms with E-state index in [-0.39, 0.29) is 10.9 Å². The standard InChI is InChI=1S/C11H20ClN3O/c1-13-10(16)14-9-2-6-15(7-3-9)8-11(12)4-5-11/h9H,2-8H2,1H3,(H2,13,14,16). The molecule has 1 heterocycles. The van der Waals surface area contributed by atoms with Crippen molar-refractivity contribution in [2.75, 3.05) is 26.7 Å². The minimum Gasteiger partial charge on any atom is -0.341 e. The van der Waals surface area contributed by atoms with Crippen molar-refractivity contribution < 1.29 is 4.79 Å². The van der Waals surface area contributed by atoms with Gasteiger partial charge in [0.2, 0.25) is 0 Å². The van der Waals surface area contributed by atoms with Crippen LogP contribution in [-0.4, -0.2) is 48.5 Å². The van der Waals surface area contributed by atoms with E-state index in [1.54, 1.807) is 7.05 Å². The lowest BCUT2D eigenvalue weighted by Crippen LogP contribution is -2.48. The lowest BCUT2D eigenvalue weighted by Gasteiger charge is -2.33. The van der Waals surface area contributed by atoms with Crippen LogP contribution in [0.1, 0.15) is 25.7 Å². The maximum atomic E-state index is 11.1. The number of alkyl halides is 1. The van der Waals surface area contributed by atoms with Crippen LogP contribution in [-0.2, 0) is 0 Å². The highest BCUT2D eigenvalue weighted by molar-refractivity contribution is 6.26. The molecule has 0 aromatic heterocycles. The van der Waals surface area contributed by atoms with Gasteiger partial charge in [-0.05, 0) is 25.7 Å². The Bertz CT molecular complexity index is 260. The Morgan fingerprint density at radius 2 is 2.06 bits per heavy atom. The number of rotatable bonds is 3. The first-order valence-corrected chi connectivity index (χ1v) is 6.39. The minimum absolute atomic E-state index is 0.0746. The van der Waals surface area contributed by atoms with Crippen molar-refractivity contribution in [1.82, 2.24) is 15.5 Å². The number of nitrogens with zero attached hydrogens (tertiary/aromatic N) is 1. The number of likely N-dealkylation sites (tertiary alicyclic amines) is 1. The topological polar surface area (TPSA) is 44.4 Å². The average molecular weight is 246 g/mol.